The highest BCUT2D eigenvalue weighted by Gasteiger charge is 2.61. The number of fused-ring (bicyclic) bond motifs is 4. The first-order valence-corrected chi connectivity index (χ1v) is 19.5. The van der Waals surface area contributed by atoms with Crippen LogP contribution in [0.15, 0.2) is 36.0 Å². The molecule has 1 amide bonds. The zero-order valence-corrected chi connectivity index (χ0v) is 30.2. The number of hydrogen-bond donors (Lipinski definition) is 2. The standard InChI is InChI=1S/C39H53FN6O6/c1-43-12-14-44(15-13-43)10-4-8-41-33-30(40)20-28-34-38(33)52-32-22-27-26(35(47)24-6-2-3-7-25(24)36(27)48)21-31(32)46(34)23-29(37(28)49)39(50)42-9-5-11-45-16-18-51-19-17-45/h2-3,6-7,23,26-28,30-34,38,41H,4-5,8-22H2,1H3,(H,42,50). The number of carbonyl (C=O) groups is 4. The van der Waals surface area contributed by atoms with Gasteiger partial charge in [-0.2, -0.15) is 0 Å². The summed E-state index contributed by atoms with van der Waals surface area (Å²) >= 11 is 0. The number of morpholine rings is 2. The number of alkyl halides is 1. The Morgan fingerprint density at radius 2 is 1.48 bits per heavy atom. The van der Waals surface area contributed by atoms with E-state index < -0.39 is 54.1 Å². The molecule has 0 aromatic heterocycles. The van der Waals surface area contributed by atoms with Gasteiger partial charge in [0, 0.05) is 80.9 Å². The summed E-state index contributed by atoms with van der Waals surface area (Å²) in [7, 11) is 2.14. The van der Waals surface area contributed by atoms with Crippen molar-refractivity contribution in [2.75, 3.05) is 85.7 Å². The Morgan fingerprint density at radius 3 is 2.19 bits per heavy atom. The van der Waals surface area contributed by atoms with Gasteiger partial charge in [0.05, 0.1) is 49.1 Å². The Hall–Kier alpha value is -3.07. The summed E-state index contributed by atoms with van der Waals surface area (Å²) in [4.78, 5) is 64.6. The third kappa shape index (κ3) is 6.88. The second kappa shape index (κ2) is 15.3. The largest absolute Gasteiger partial charge is 0.379 e. The molecule has 3 saturated heterocycles. The van der Waals surface area contributed by atoms with Crippen LogP contribution in [-0.4, -0.2) is 165 Å². The maximum atomic E-state index is 16.4. The van der Waals surface area contributed by atoms with E-state index in [0.29, 0.717) is 50.3 Å². The molecule has 2 saturated carbocycles. The van der Waals surface area contributed by atoms with Gasteiger partial charge >= 0.3 is 0 Å². The number of halogens is 1. The molecule has 0 radical (unpaired) electrons. The van der Waals surface area contributed by atoms with Crippen LogP contribution in [0.4, 0.5) is 4.39 Å². The number of rotatable bonds is 10. The second-order valence-corrected chi connectivity index (χ2v) is 15.9. The van der Waals surface area contributed by atoms with Gasteiger partial charge in [-0.05, 0) is 58.8 Å². The molecule has 9 atom stereocenters. The molecule has 13 heteroatoms. The number of likely N-dealkylation sites (N-methyl/N-ethyl adjacent to an activating group) is 1. The van der Waals surface area contributed by atoms with Crippen LogP contribution in [-0.2, 0) is 19.1 Å². The first kappa shape index (κ1) is 35.9. The average Bonchev–Trinajstić information content (AvgIpc) is 3.16. The van der Waals surface area contributed by atoms with E-state index in [1.165, 1.54) is 0 Å². The number of ether oxygens (including phenoxy) is 2. The molecule has 2 N–H and O–H groups in total. The highest BCUT2D eigenvalue weighted by molar-refractivity contribution is 6.20. The summed E-state index contributed by atoms with van der Waals surface area (Å²) in [6.07, 6.45) is 1.49. The third-order valence-corrected chi connectivity index (χ3v) is 12.9. The number of amides is 1. The van der Waals surface area contributed by atoms with Gasteiger partial charge in [0.1, 0.15) is 6.17 Å². The van der Waals surface area contributed by atoms with Gasteiger partial charge in [0.25, 0.3) is 5.91 Å². The van der Waals surface area contributed by atoms with Crippen LogP contribution in [0.3, 0.4) is 0 Å². The first-order chi connectivity index (χ1) is 25.3. The summed E-state index contributed by atoms with van der Waals surface area (Å²) in [6.45, 7) is 10.0. The summed E-state index contributed by atoms with van der Waals surface area (Å²) in [5, 5.41) is 6.45. The first-order valence-electron chi connectivity index (χ1n) is 19.5. The molecule has 0 bridgehead atoms. The van der Waals surface area contributed by atoms with Crippen molar-refractivity contribution in [2.24, 2.45) is 17.8 Å². The summed E-state index contributed by atoms with van der Waals surface area (Å²) in [5.41, 5.74) is 0.953. The van der Waals surface area contributed by atoms with Crippen LogP contribution in [0, 0.1) is 17.8 Å². The molecule has 8 rings (SSSR count). The topological polar surface area (TPSA) is 124 Å². The third-order valence-electron chi connectivity index (χ3n) is 12.9. The van der Waals surface area contributed by atoms with Crippen LogP contribution in [0.5, 0.6) is 0 Å². The van der Waals surface area contributed by atoms with Crippen LogP contribution in [0.25, 0.3) is 0 Å². The highest BCUT2D eigenvalue weighted by Crippen LogP contribution is 2.49. The Kier molecular flexibility index (Phi) is 10.6. The highest BCUT2D eigenvalue weighted by atomic mass is 19.1. The van der Waals surface area contributed by atoms with Gasteiger partial charge in [-0.25, -0.2) is 4.39 Å². The van der Waals surface area contributed by atoms with E-state index >= 15 is 4.39 Å². The molecule has 4 heterocycles. The molecule has 1 aromatic rings. The van der Waals surface area contributed by atoms with Crippen molar-refractivity contribution in [2.45, 2.75) is 68.6 Å². The number of carbonyl (C=O) groups excluding carboxylic acids is 4. The molecule has 5 fully saturated rings. The molecule has 9 unspecified atom stereocenters. The predicted molar refractivity (Wildman–Crippen MR) is 191 cm³/mol. The van der Waals surface area contributed by atoms with Gasteiger partial charge in [0.15, 0.2) is 17.3 Å². The summed E-state index contributed by atoms with van der Waals surface area (Å²) in [5.74, 6) is -2.69. The van der Waals surface area contributed by atoms with Crippen LogP contribution >= 0.6 is 0 Å². The van der Waals surface area contributed by atoms with Crippen molar-refractivity contribution >= 4 is 23.3 Å². The molecule has 282 valence electrons. The van der Waals surface area contributed by atoms with E-state index in [4.69, 9.17) is 9.47 Å². The zero-order valence-electron chi connectivity index (χ0n) is 30.2. The Bertz CT molecular complexity index is 1560. The molecular weight excluding hydrogens is 667 g/mol. The normalized spacial score (nSPS) is 35.3. The van der Waals surface area contributed by atoms with E-state index in [0.717, 1.165) is 65.2 Å². The lowest BCUT2D eigenvalue weighted by Gasteiger charge is -2.60. The van der Waals surface area contributed by atoms with Crippen molar-refractivity contribution < 1.29 is 33.0 Å². The molecule has 1 aromatic carbocycles. The van der Waals surface area contributed by atoms with Crippen molar-refractivity contribution in [3.05, 3.63) is 47.2 Å². The number of nitrogens with one attached hydrogen (secondary N) is 2. The number of nitrogens with zero attached hydrogens (tertiary/aromatic N) is 4. The van der Waals surface area contributed by atoms with Gasteiger partial charge in [0.2, 0.25) is 0 Å². The minimum atomic E-state index is -1.35. The smallest absolute Gasteiger partial charge is 0.256 e. The second-order valence-electron chi connectivity index (χ2n) is 15.9. The number of benzene rings is 1. The van der Waals surface area contributed by atoms with E-state index in [1.54, 1.807) is 30.5 Å². The molecule has 0 spiro atoms. The number of ketones is 3. The summed E-state index contributed by atoms with van der Waals surface area (Å²) in [6, 6.07) is 5.56. The number of piperazine rings is 1. The fourth-order valence-electron chi connectivity index (χ4n) is 9.98. The Labute approximate surface area is 305 Å². The lowest BCUT2D eigenvalue weighted by Crippen LogP contribution is -2.73. The number of hydrogen-bond acceptors (Lipinski definition) is 11. The van der Waals surface area contributed by atoms with E-state index in [-0.39, 0.29) is 35.4 Å². The zero-order chi connectivity index (χ0) is 35.9. The SMILES string of the molecule is CN1CCN(CCCNC2C(F)CC3C(=O)C(C(=O)NCCCN4CCOCC4)=CN4C5CC6C(=O)c7ccccc7C(=O)C6CC5OC2C34)CC1. The van der Waals surface area contributed by atoms with Crippen LogP contribution in [0.2, 0.25) is 0 Å². The maximum Gasteiger partial charge on any atom is 0.256 e. The van der Waals surface area contributed by atoms with Crippen LogP contribution in [0.1, 0.15) is 52.8 Å². The molecule has 7 aliphatic rings. The quantitative estimate of drug-likeness (QED) is 0.268. The lowest BCUT2D eigenvalue weighted by atomic mass is 9.63. The van der Waals surface area contributed by atoms with Crippen molar-refractivity contribution in [1.82, 2.24) is 30.2 Å². The average molecular weight is 721 g/mol. The molecule has 52 heavy (non-hydrogen) atoms. The van der Waals surface area contributed by atoms with Crippen molar-refractivity contribution in [1.29, 1.82) is 0 Å². The van der Waals surface area contributed by atoms with E-state index in [1.807, 2.05) is 0 Å². The molecule has 4 aliphatic heterocycles. The fraction of sp³-hybridized carbons (Fsp3) is 0.692. The summed E-state index contributed by atoms with van der Waals surface area (Å²) < 4.78 is 28.7. The van der Waals surface area contributed by atoms with E-state index in [9.17, 15) is 19.2 Å². The molecule has 12 nitrogen and oxygen atoms in total. The maximum absolute atomic E-state index is 16.4. The minimum Gasteiger partial charge on any atom is -0.379 e. The van der Waals surface area contributed by atoms with Crippen molar-refractivity contribution in [3.63, 3.8) is 0 Å². The fourth-order valence-corrected chi connectivity index (χ4v) is 9.98. The monoisotopic (exact) mass is 720 g/mol. The Balaban J connectivity index is 1.02. The van der Waals surface area contributed by atoms with Gasteiger partial charge in [-0.1, -0.05) is 24.3 Å². The number of Topliss-reactive ketones (excluding diaryl/α,β-unsaturated/α-hetero) is 3. The predicted octanol–water partition coefficient (Wildman–Crippen LogP) is 1.16. The van der Waals surface area contributed by atoms with Gasteiger partial charge in [-0.3, -0.25) is 24.1 Å². The Morgan fingerprint density at radius 1 is 0.827 bits per heavy atom. The lowest BCUT2D eigenvalue weighted by molar-refractivity contribution is -0.202. The van der Waals surface area contributed by atoms with Crippen LogP contribution < -0.4 is 10.6 Å². The molecular formula is C39H53FN6O6. The van der Waals surface area contributed by atoms with E-state index in [2.05, 4.69) is 37.3 Å². The van der Waals surface area contributed by atoms with Gasteiger partial charge < -0.3 is 34.8 Å². The van der Waals surface area contributed by atoms with Gasteiger partial charge in [-0.15, -0.1) is 0 Å². The minimum absolute atomic E-state index is 0.00807. The molecule has 3 aliphatic carbocycles. The van der Waals surface area contributed by atoms with Crippen molar-refractivity contribution in [3.8, 4) is 0 Å².